The molecule has 0 aliphatic carbocycles. The van der Waals surface area contributed by atoms with Gasteiger partial charge in [-0.2, -0.15) is 23.5 Å². The number of rotatable bonds is 34. The number of aryl methyl sites for hydroxylation is 2. The average molecular weight is 1360 g/mol. The zero-order chi connectivity index (χ0) is 69.1. The largest absolute Gasteiger partial charge is 0.466 e. The molecule has 2 aliphatic rings. The molecule has 4 aromatic carbocycles. The molecule has 0 N–H and O–H groups in total. The second-order valence-electron chi connectivity index (χ2n) is 22.2. The zero-order valence-electron chi connectivity index (χ0n) is 55.1. The third-order valence-corrected chi connectivity index (χ3v) is 16.6. The molecule has 26 heteroatoms. The summed E-state index contributed by atoms with van der Waals surface area (Å²) in [6.07, 6.45) is -9.97. The second kappa shape index (κ2) is 38.4. The number of ether oxygens (including phenoxy) is 14. The first-order chi connectivity index (χ1) is 45.4. The van der Waals surface area contributed by atoms with Gasteiger partial charge in [0.2, 0.25) is 24.8 Å². The van der Waals surface area contributed by atoms with Gasteiger partial charge in [-0.3, -0.25) is 47.9 Å². The van der Waals surface area contributed by atoms with E-state index in [0.29, 0.717) is 46.2 Å². The summed E-state index contributed by atoms with van der Waals surface area (Å²) in [6.45, 7) is 12.2. The molecule has 2 heterocycles. The van der Waals surface area contributed by atoms with Crippen molar-refractivity contribution >= 4 is 83.2 Å². The fourth-order valence-corrected chi connectivity index (χ4v) is 12.6. The molecule has 0 bridgehead atoms. The summed E-state index contributed by atoms with van der Waals surface area (Å²) >= 11 is 3.70. The predicted octanol–water partition coefficient (Wildman–Crippen LogP) is 8.58. The van der Waals surface area contributed by atoms with Gasteiger partial charge >= 0.3 is 59.7 Å². The van der Waals surface area contributed by atoms with E-state index >= 15 is 0 Å². The number of hydrogen-bond acceptors (Lipinski definition) is 26. The molecule has 2 saturated heterocycles. The van der Waals surface area contributed by atoms with Crippen molar-refractivity contribution in [1.82, 2.24) is 0 Å². The van der Waals surface area contributed by atoms with Crippen LogP contribution in [-0.4, -0.2) is 171 Å². The summed E-state index contributed by atoms with van der Waals surface area (Å²) in [7, 11) is 0. The van der Waals surface area contributed by atoms with E-state index in [0.717, 1.165) is 94.9 Å². The molecule has 2 aliphatic heterocycles. The Morgan fingerprint density at radius 3 is 1.07 bits per heavy atom. The van der Waals surface area contributed by atoms with Gasteiger partial charge in [-0.1, -0.05) is 60.7 Å². The van der Waals surface area contributed by atoms with Crippen LogP contribution in [0.4, 0.5) is 0 Å². The number of hydrogen-bond donors (Lipinski definition) is 0. The molecule has 0 amide bonds. The fraction of sp³-hybridized carbons (Fsp3) is 0.507. The number of carbonyl (C=O) groups excluding carboxylic acids is 10. The lowest BCUT2D eigenvalue weighted by Crippen LogP contribution is -2.63. The first kappa shape index (κ1) is 75.8. The Labute approximate surface area is 560 Å². The Hall–Kier alpha value is -8.20. The van der Waals surface area contributed by atoms with Crippen molar-refractivity contribution in [3.05, 3.63) is 107 Å². The SMILES string of the molecule is CCOC(=O)Cc1cccc(-c2cc(CCCSCCCSCCCc3ccc(O[C@H]4O[C@H](COC(C)=O)[C@@H](OC(C)=O)[C@H](OC(C)=O)[C@@H]4OC(C)=O)c(-c4cccc(CC(=O)OCC)c4)c3)ccc2O[C@H]2O[C@H](COC(C)=O)[C@@H](OC(C)=O)[C@H](OC(C)=O)[C@@H]2OC(C)=O)c1. The van der Waals surface area contributed by atoms with Crippen molar-refractivity contribution in [2.75, 3.05) is 49.4 Å². The number of esters is 10. The van der Waals surface area contributed by atoms with Gasteiger partial charge < -0.3 is 66.3 Å². The summed E-state index contributed by atoms with van der Waals surface area (Å²) in [5, 5.41) is 0. The lowest BCUT2D eigenvalue weighted by atomic mass is 9.96. The van der Waals surface area contributed by atoms with Gasteiger partial charge in [-0.25, -0.2) is 0 Å². The maximum absolute atomic E-state index is 12.6. The third kappa shape index (κ3) is 24.8. The van der Waals surface area contributed by atoms with Crippen molar-refractivity contribution in [1.29, 1.82) is 0 Å². The third-order valence-electron chi connectivity index (χ3n) is 14.3. The van der Waals surface area contributed by atoms with Crippen LogP contribution in [0.3, 0.4) is 0 Å². The fourth-order valence-electron chi connectivity index (χ4n) is 10.6. The van der Waals surface area contributed by atoms with Gasteiger partial charge in [0, 0.05) is 66.5 Å². The van der Waals surface area contributed by atoms with Crippen molar-refractivity contribution in [3.8, 4) is 33.8 Å². The Morgan fingerprint density at radius 1 is 0.379 bits per heavy atom. The summed E-state index contributed by atoms with van der Waals surface area (Å²) in [5.74, 6) is -2.63. The van der Waals surface area contributed by atoms with Crippen molar-refractivity contribution in [2.45, 2.75) is 176 Å². The van der Waals surface area contributed by atoms with E-state index in [1.54, 1.807) is 50.2 Å². The molecular formula is C69H84O24S2. The van der Waals surface area contributed by atoms with Crippen LogP contribution in [0, 0.1) is 0 Å². The quantitative estimate of drug-likeness (QED) is 0.0240. The lowest BCUT2D eigenvalue weighted by Gasteiger charge is -2.44. The summed E-state index contributed by atoms with van der Waals surface area (Å²) in [5.41, 5.74) is 5.84. The van der Waals surface area contributed by atoms with Gasteiger partial charge in [0.15, 0.2) is 24.4 Å². The van der Waals surface area contributed by atoms with E-state index in [-0.39, 0.29) is 37.6 Å². The summed E-state index contributed by atoms with van der Waals surface area (Å²) in [6, 6.07) is 25.8. The van der Waals surface area contributed by atoms with Crippen LogP contribution < -0.4 is 9.47 Å². The molecule has 6 rings (SSSR count). The Kier molecular flexibility index (Phi) is 30.6. The van der Waals surface area contributed by atoms with Crippen LogP contribution in [0.2, 0.25) is 0 Å². The van der Waals surface area contributed by atoms with Crippen LogP contribution >= 0.6 is 23.5 Å². The molecule has 95 heavy (non-hydrogen) atoms. The van der Waals surface area contributed by atoms with Crippen molar-refractivity contribution in [3.63, 3.8) is 0 Å². The maximum Gasteiger partial charge on any atom is 0.310 e. The molecule has 0 spiro atoms. The first-order valence-corrected chi connectivity index (χ1v) is 33.6. The average Bonchev–Trinajstić information content (AvgIpc) is 0.786. The molecule has 0 radical (unpaired) electrons. The lowest BCUT2D eigenvalue weighted by molar-refractivity contribution is -0.288. The van der Waals surface area contributed by atoms with Crippen LogP contribution in [-0.2, 0) is 130 Å². The van der Waals surface area contributed by atoms with E-state index in [1.807, 2.05) is 72.1 Å². The highest BCUT2D eigenvalue weighted by atomic mass is 32.2. The monoisotopic (exact) mass is 1360 g/mol. The van der Waals surface area contributed by atoms with Crippen LogP contribution in [0.25, 0.3) is 22.3 Å². The molecule has 10 atom stereocenters. The zero-order valence-corrected chi connectivity index (χ0v) is 56.7. The minimum absolute atomic E-state index is 0.0108. The van der Waals surface area contributed by atoms with E-state index in [9.17, 15) is 47.9 Å². The highest BCUT2D eigenvalue weighted by Crippen LogP contribution is 2.39. The van der Waals surface area contributed by atoms with Crippen LogP contribution in [0.5, 0.6) is 11.5 Å². The number of carbonyl (C=O) groups is 10. The van der Waals surface area contributed by atoms with E-state index in [1.165, 1.54) is 13.8 Å². The molecule has 0 aromatic heterocycles. The molecule has 2 fully saturated rings. The minimum Gasteiger partial charge on any atom is -0.466 e. The minimum atomic E-state index is -1.49. The highest BCUT2D eigenvalue weighted by Gasteiger charge is 2.55. The van der Waals surface area contributed by atoms with Crippen LogP contribution in [0.1, 0.15) is 111 Å². The topological polar surface area (TPSA) is 300 Å². The van der Waals surface area contributed by atoms with Gasteiger partial charge in [0.25, 0.3) is 0 Å². The Balaban J connectivity index is 1.12. The van der Waals surface area contributed by atoms with Gasteiger partial charge in [0.1, 0.15) is 36.9 Å². The van der Waals surface area contributed by atoms with E-state index in [4.69, 9.17) is 66.3 Å². The number of thioether (sulfide) groups is 2. The highest BCUT2D eigenvalue weighted by molar-refractivity contribution is 8.00. The molecule has 24 nitrogen and oxygen atoms in total. The molecule has 516 valence electrons. The predicted molar refractivity (Wildman–Crippen MR) is 346 cm³/mol. The molecular weight excluding hydrogens is 1280 g/mol. The van der Waals surface area contributed by atoms with Crippen molar-refractivity contribution in [2.24, 2.45) is 0 Å². The maximum atomic E-state index is 12.6. The number of benzene rings is 4. The second-order valence-corrected chi connectivity index (χ2v) is 24.6. The van der Waals surface area contributed by atoms with Crippen molar-refractivity contribution < 1.29 is 114 Å². The smallest absolute Gasteiger partial charge is 0.310 e. The standard InChI is InChI=1S/C69H84O24S2/c1-11-80-60(78)36-50-18-13-22-52(32-50)54-34-48(24-26-56(54)90-68-66(88-46(9)76)64(86-44(7)74)62(84-42(5)72)58(92-68)38-82-40(3)70)20-15-28-94-30-17-31-95-29-16-21-49-25-27-57(55(35-49)53-23-14-19-51(33-53)37-61(79)81-12-2)91-69-67(89-47(10)77)65(87-45(8)75)63(85-43(6)73)59(93-69)39-83-41(4)71/h13-14,18-19,22-27,32-35,58-59,62-69H,11-12,15-17,20-21,28-31,36-39H2,1-10H3/t58-,59-,62-,63-,64+,65+,66+,67+,68+,69+/m1/s1. The van der Waals surface area contributed by atoms with E-state index < -0.39 is 134 Å². The summed E-state index contributed by atoms with van der Waals surface area (Å²) < 4.78 is 80.5. The molecule has 0 saturated carbocycles. The Morgan fingerprint density at radius 2 is 0.726 bits per heavy atom. The molecule has 4 aromatic rings. The normalized spacial score (nSPS) is 20.5. The van der Waals surface area contributed by atoms with Gasteiger partial charge in [-0.05, 0) is 127 Å². The van der Waals surface area contributed by atoms with Crippen LogP contribution in [0.15, 0.2) is 84.9 Å². The molecule has 0 unspecified atom stereocenters. The van der Waals surface area contributed by atoms with Gasteiger partial charge in [0.05, 0.1) is 26.1 Å². The Bertz CT molecular complexity index is 3080. The van der Waals surface area contributed by atoms with Gasteiger partial charge in [-0.15, -0.1) is 0 Å². The first-order valence-electron chi connectivity index (χ1n) is 31.3. The van der Waals surface area contributed by atoms with E-state index in [2.05, 4.69) is 0 Å². The summed E-state index contributed by atoms with van der Waals surface area (Å²) in [4.78, 5) is 124.